The molecule has 1 amide bonds. The van der Waals surface area contributed by atoms with E-state index in [1.165, 1.54) is 10.6 Å². The number of aromatic carboxylic acids is 1. The van der Waals surface area contributed by atoms with Crippen LogP contribution in [0.3, 0.4) is 0 Å². The van der Waals surface area contributed by atoms with Gasteiger partial charge in [0.05, 0.1) is 11.1 Å². The summed E-state index contributed by atoms with van der Waals surface area (Å²) < 4.78 is 1.33. The summed E-state index contributed by atoms with van der Waals surface area (Å²) >= 11 is 0. The van der Waals surface area contributed by atoms with E-state index in [1.807, 2.05) is 30.3 Å². The maximum atomic E-state index is 13.2. The Labute approximate surface area is 154 Å². The monoisotopic (exact) mass is 364 g/mol. The van der Waals surface area contributed by atoms with Crippen LogP contribution in [-0.2, 0) is 17.8 Å². The molecule has 1 aromatic heterocycles. The molecule has 2 aromatic carbocycles. The predicted octanol–water partition coefficient (Wildman–Crippen LogP) is 2.63. The predicted molar refractivity (Wildman–Crippen MR) is 98.4 cm³/mol. The third-order valence-electron chi connectivity index (χ3n) is 4.81. The number of rotatable bonds is 4. The Kier molecular flexibility index (Phi) is 3.92. The molecule has 0 atom stereocenters. The zero-order chi connectivity index (χ0) is 19.1. The molecule has 0 bridgehead atoms. The van der Waals surface area contributed by atoms with Crippen molar-refractivity contribution in [2.24, 2.45) is 0 Å². The zero-order valence-corrected chi connectivity index (χ0v) is 14.3. The van der Waals surface area contributed by atoms with Crippen molar-refractivity contribution in [1.82, 2.24) is 4.57 Å². The molecule has 27 heavy (non-hydrogen) atoms. The number of para-hydroxylation sites is 2. The first-order valence-corrected chi connectivity index (χ1v) is 8.45. The van der Waals surface area contributed by atoms with Gasteiger partial charge in [0.15, 0.2) is 0 Å². The molecule has 1 aliphatic rings. The largest absolute Gasteiger partial charge is 0.480 e. The average molecular weight is 364 g/mol. The summed E-state index contributed by atoms with van der Waals surface area (Å²) in [5.41, 5.74) is 1.93. The van der Waals surface area contributed by atoms with E-state index < -0.39 is 18.5 Å². The van der Waals surface area contributed by atoms with Crippen molar-refractivity contribution in [3.05, 3.63) is 65.4 Å². The number of hydrogen-bond donors (Lipinski definition) is 2. The van der Waals surface area contributed by atoms with Crippen molar-refractivity contribution in [2.75, 3.05) is 11.4 Å². The van der Waals surface area contributed by atoms with Crippen molar-refractivity contribution in [2.45, 2.75) is 13.0 Å². The highest BCUT2D eigenvalue weighted by molar-refractivity contribution is 6.14. The molecular formula is C20H16N2O5. The second-order valence-electron chi connectivity index (χ2n) is 6.36. The maximum Gasteiger partial charge on any atom is 0.337 e. The van der Waals surface area contributed by atoms with Crippen LogP contribution < -0.4 is 4.90 Å². The molecule has 4 rings (SSSR count). The highest BCUT2D eigenvalue weighted by Gasteiger charge is 2.33. The number of hydrogen-bond acceptors (Lipinski definition) is 3. The van der Waals surface area contributed by atoms with E-state index in [4.69, 9.17) is 0 Å². The minimum Gasteiger partial charge on any atom is -0.480 e. The van der Waals surface area contributed by atoms with Gasteiger partial charge in [0.1, 0.15) is 12.2 Å². The molecule has 7 nitrogen and oxygen atoms in total. The number of carbonyl (C=O) groups is 3. The second kappa shape index (κ2) is 6.28. The van der Waals surface area contributed by atoms with Crippen LogP contribution in [0.25, 0.3) is 10.9 Å². The highest BCUT2D eigenvalue weighted by atomic mass is 16.4. The van der Waals surface area contributed by atoms with Gasteiger partial charge in [-0.3, -0.25) is 9.59 Å². The number of amides is 1. The lowest BCUT2D eigenvalue weighted by atomic mass is 10.0. The zero-order valence-electron chi connectivity index (χ0n) is 14.3. The number of carbonyl (C=O) groups excluding carboxylic acids is 1. The third-order valence-corrected chi connectivity index (χ3v) is 4.81. The number of benzene rings is 2. The van der Waals surface area contributed by atoms with Gasteiger partial charge in [0, 0.05) is 17.6 Å². The fourth-order valence-corrected chi connectivity index (χ4v) is 3.75. The normalized spacial score (nSPS) is 13.6. The first-order valence-electron chi connectivity index (χ1n) is 8.45. The quantitative estimate of drug-likeness (QED) is 0.741. The molecule has 2 N–H and O–H groups in total. The molecule has 0 aliphatic carbocycles. The Bertz CT molecular complexity index is 1080. The van der Waals surface area contributed by atoms with Gasteiger partial charge >= 0.3 is 11.9 Å². The Balaban J connectivity index is 1.98. The van der Waals surface area contributed by atoms with Gasteiger partial charge in [0.2, 0.25) is 0 Å². The summed E-state index contributed by atoms with van der Waals surface area (Å²) in [6.45, 7) is -0.0379. The maximum absolute atomic E-state index is 13.2. The summed E-state index contributed by atoms with van der Waals surface area (Å²) in [5, 5.41) is 19.5. The molecule has 2 heterocycles. The molecule has 0 unspecified atom stereocenters. The number of aliphatic carboxylic acids is 1. The van der Waals surface area contributed by atoms with Gasteiger partial charge in [0.25, 0.3) is 5.91 Å². The van der Waals surface area contributed by atoms with Crippen LogP contribution in [0, 0.1) is 0 Å². The summed E-state index contributed by atoms with van der Waals surface area (Å²) in [4.78, 5) is 38.0. The number of carboxylic acid groups (broad SMARTS) is 2. The molecule has 136 valence electrons. The number of nitrogens with zero attached hydrogens (tertiary/aromatic N) is 2. The molecule has 3 aromatic rings. The molecule has 0 spiro atoms. The lowest BCUT2D eigenvalue weighted by Gasteiger charge is -2.28. The lowest BCUT2D eigenvalue weighted by Crippen LogP contribution is -2.39. The summed E-state index contributed by atoms with van der Waals surface area (Å²) in [6.07, 6.45) is 0.516. The first-order chi connectivity index (χ1) is 13.0. The topological polar surface area (TPSA) is 99.8 Å². The number of anilines is 1. The third kappa shape index (κ3) is 2.64. The van der Waals surface area contributed by atoms with Crippen molar-refractivity contribution >= 4 is 34.4 Å². The summed E-state index contributed by atoms with van der Waals surface area (Å²) in [5.74, 6) is -2.62. The Hall–Kier alpha value is -3.61. The van der Waals surface area contributed by atoms with Crippen molar-refractivity contribution in [3.63, 3.8) is 0 Å². The van der Waals surface area contributed by atoms with Gasteiger partial charge in [-0.25, -0.2) is 4.79 Å². The van der Waals surface area contributed by atoms with Crippen LogP contribution in [0.1, 0.15) is 26.4 Å². The fourth-order valence-electron chi connectivity index (χ4n) is 3.75. The van der Waals surface area contributed by atoms with E-state index in [0.717, 1.165) is 5.69 Å². The standard InChI is InChI=1S/C20H16N2O5/c23-16(24)11-22-17-13(7-4-8-15(17)20(26)27)14-9-10-21(19(25)18(14)22)12-5-2-1-3-6-12/h1-8H,9-11H2,(H,23,24)(H,26,27). The van der Waals surface area contributed by atoms with E-state index in [1.54, 1.807) is 17.0 Å². The van der Waals surface area contributed by atoms with Crippen LogP contribution in [0.2, 0.25) is 0 Å². The lowest BCUT2D eigenvalue weighted by molar-refractivity contribution is -0.137. The van der Waals surface area contributed by atoms with Crippen LogP contribution in [0.5, 0.6) is 0 Å². The Morgan fingerprint density at radius 2 is 1.74 bits per heavy atom. The van der Waals surface area contributed by atoms with E-state index in [0.29, 0.717) is 23.9 Å². The molecule has 1 aliphatic heterocycles. The first kappa shape index (κ1) is 16.8. The van der Waals surface area contributed by atoms with Gasteiger partial charge in [-0.15, -0.1) is 0 Å². The minimum absolute atomic E-state index is 0.0118. The molecular weight excluding hydrogens is 348 g/mol. The number of fused-ring (bicyclic) bond motifs is 3. The number of aromatic nitrogens is 1. The second-order valence-corrected chi connectivity index (χ2v) is 6.36. The Morgan fingerprint density at radius 1 is 1.00 bits per heavy atom. The number of carboxylic acids is 2. The van der Waals surface area contributed by atoms with Gasteiger partial charge in [-0.05, 0) is 30.2 Å². The minimum atomic E-state index is -1.16. The van der Waals surface area contributed by atoms with E-state index in [9.17, 15) is 24.6 Å². The van der Waals surface area contributed by atoms with Crippen molar-refractivity contribution in [1.29, 1.82) is 0 Å². The van der Waals surface area contributed by atoms with Crippen molar-refractivity contribution < 1.29 is 24.6 Å². The fraction of sp³-hybridized carbons (Fsp3) is 0.150. The van der Waals surface area contributed by atoms with Crippen LogP contribution >= 0.6 is 0 Å². The van der Waals surface area contributed by atoms with E-state index in [-0.39, 0.29) is 22.7 Å². The summed E-state index contributed by atoms with van der Waals surface area (Å²) in [7, 11) is 0. The highest BCUT2D eigenvalue weighted by Crippen LogP contribution is 2.34. The SMILES string of the molecule is O=C(O)Cn1c2c(c3cccc(C(=O)O)c31)CCN(c1ccccc1)C2=O. The van der Waals surface area contributed by atoms with Gasteiger partial charge in [-0.1, -0.05) is 30.3 Å². The van der Waals surface area contributed by atoms with Gasteiger partial charge < -0.3 is 19.7 Å². The molecule has 0 radical (unpaired) electrons. The summed E-state index contributed by atoms with van der Waals surface area (Å²) in [6, 6.07) is 13.9. The smallest absolute Gasteiger partial charge is 0.337 e. The molecule has 0 saturated carbocycles. The Morgan fingerprint density at radius 3 is 2.41 bits per heavy atom. The molecule has 0 fully saturated rings. The van der Waals surface area contributed by atoms with Crippen molar-refractivity contribution in [3.8, 4) is 0 Å². The molecule has 7 heteroatoms. The molecule has 0 saturated heterocycles. The average Bonchev–Trinajstić information content (AvgIpc) is 2.97. The van der Waals surface area contributed by atoms with Crippen LogP contribution in [0.4, 0.5) is 5.69 Å². The van der Waals surface area contributed by atoms with Gasteiger partial charge in [-0.2, -0.15) is 0 Å². The van der Waals surface area contributed by atoms with E-state index >= 15 is 0 Å². The van der Waals surface area contributed by atoms with Crippen LogP contribution in [0.15, 0.2) is 48.5 Å². The van der Waals surface area contributed by atoms with E-state index in [2.05, 4.69) is 0 Å². The van der Waals surface area contributed by atoms with Crippen LogP contribution in [-0.4, -0.2) is 39.2 Å².